The number of thioether (sulfide) groups is 1. The van der Waals surface area contributed by atoms with Crippen molar-refractivity contribution in [2.24, 2.45) is 0 Å². The Balaban J connectivity index is 2.11. The topological polar surface area (TPSA) is 56.0 Å². The Labute approximate surface area is 97.1 Å². The van der Waals surface area contributed by atoms with Crippen molar-refractivity contribution in [1.29, 1.82) is 0 Å². The van der Waals surface area contributed by atoms with Crippen molar-refractivity contribution in [3.8, 4) is 11.5 Å². The fourth-order valence-electron chi connectivity index (χ4n) is 1.13. The zero-order chi connectivity index (χ0) is 11.4. The first-order valence-corrected chi connectivity index (χ1v) is 5.75. The molecular weight excluding hydrogens is 224 g/mol. The molecule has 0 N–H and O–H groups in total. The Morgan fingerprint density at radius 1 is 1.31 bits per heavy atom. The van der Waals surface area contributed by atoms with Gasteiger partial charge in [-0.05, 0) is 19.1 Å². The van der Waals surface area contributed by atoms with Gasteiger partial charge >= 0.3 is 0 Å². The van der Waals surface area contributed by atoms with Crippen molar-refractivity contribution < 1.29 is 9.21 Å². The van der Waals surface area contributed by atoms with Crippen LogP contribution in [0.2, 0.25) is 0 Å². The Hall–Kier alpha value is -1.62. The van der Waals surface area contributed by atoms with Gasteiger partial charge in [0.25, 0.3) is 5.22 Å². The zero-order valence-corrected chi connectivity index (χ0v) is 9.53. The van der Waals surface area contributed by atoms with Crippen molar-refractivity contribution in [3.63, 3.8) is 0 Å². The molecule has 16 heavy (non-hydrogen) atoms. The summed E-state index contributed by atoms with van der Waals surface area (Å²) in [7, 11) is 0. The van der Waals surface area contributed by atoms with Gasteiger partial charge in [-0.3, -0.25) is 4.79 Å². The van der Waals surface area contributed by atoms with E-state index in [-0.39, 0.29) is 5.78 Å². The molecule has 0 spiro atoms. The lowest BCUT2D eigenvalue weighted by atomic mass is 10.2. The average Bonchev–Trinajstić information content (AvgIpc) is 2.76. The molecule has 0 fully saturated rings. The van der Waals surface area contributed by atoms with Crippen LogP contribution in [0.4, 0.5) is 0 Å². The highest BCUT2D eigenvalue weighted by Gasteiger charge is 2.08. The molecule has 0 bridgehead atoms. The van der Waals surface area contributed by atoms with Crippen LogP contribution >= 0.6 is 11.8 Å². The highest BCUT2D eigenvalue weighted by Crippen LogP contribution is 2.22. The van der Waals surface area contributed by atoms with E-state index in [4.69, 9.17) is 4.42 Å². The molecular formula is C11H10N2O2S. The molecule has 0 radical (unpaired) electrons. The van der Waals surface area contributed by atoms with Crippen LogP contribution in [-0.2, 0) is 4.79 Å². The van der Waals surface area contributed by atoms with E-state index in [0.717, 1.165) is 5.56 Å². The predicted molar refractivity (Wildman–Crippen MR) is 61.1 cm³/mol. The van der Waals surface area contributed by atoms with Crippen molar-refractivity contribution in [3.05, 3.63) is 30.3 Å². The van der Waals surface area contributed by atoms with Gasteiger partial charge < -0.3 is 4.42 Å². The number of carbonyl (C=O) groups excluding carboxylic acids is 1. The second-order valence-electron chi connectivity index (χ2n) is 3.23. The normalized spacial score (nSPS) is 10.3. The van der Waals surface area contributed by atoms with Crippen LogP contribution in [0.5, 0.6) is 0 Å². The van der Waals surface area contributed by atoms with Crippen LogP contribution in [-0.4, -0.2) is 21.7 Å². The summed E-state index contributed by atoms with van der Waals surface area (Å²) in [6.45, 7) is 1.53. The van der Waals surface area contributed by atoms with Crippen molar-refractivity contribution >= 4 is 17.5 Å². The van der Waals surface area contributed by atoms with Crippen LogP contribution in [0.15, 0.2) is 40.0 Å². The molecule has 0 saturated carbocycles. The SMILES string of the molecule is CC(=O)CSc1nnc(-c2ccccc2)o1. The van der Waals surface area contributed by atoms with E-state index in [2.05, 4.69) is 10.2 Å². The van der Waals surface area contributed by atoms with Crippen molar-refractivity contribution in [1.82, 2.24) is 10.2 Å². The molecule has 0 aliphatic carbocycles. The molecule has 0 aliphatic heterocycles. The minimum Gasteiger partial charge on any atom is -0.411 e. The summed E-state index contributed by atoms with van der Waals surface area (Å²) in [6.07, 6.45) is 0. The average molecular weight is 234 g/mol. The van der Waals surface area contributed by atoms with Crippen LogP contribution in [0.1, 0.15) is 6.92 Å². The van der Waals surface area contributed by atoms with Gasteiger partial charge in [-0.1, -0.05) is 30.0 Å². The highest BCUT2D eigenvalue weighted by molar-refractivity contribution is 7.99. The number of aromatic nitrogens is 2. The quantitative estimate of drug-likeness (QED) is 0.760. The molecule has 0 amide bonds. The van der Waals surface area contributed by atoms with E-state index in [1.807, 2.05) is 30.3 Å². The molecule has 4 nitrogen and oxygen atoms in total. The van der Waals surface area contributed by atoms with E-state index < -0.39 is 0 Å². The third-order valence-electron chi connectivity index (χ3n) is 1.83. The van der Waals surface area contributed by atoms with Crippen LogP contribution in [0.3, 0.4) is 0 Å². The lowest BCUT2D eigenvalue weighted by Crippen LogP contribution is -1.92. The molecule has 82 valence electrons. The van der Waals surface area contributed by atoms with Crippen LogP contribution in [0, 0.1) is 0 Å². The van der Waals surface area contributed by atoms with Gasteiger partial charge in [0.2, 0.25) is 5.89 Å². The van der Waals surface area contributed by atoms with Gasteiger partial charge in [0.1, 0.15) is 5.78 Å². The monoisotopic (exact) mass is 234 g/mol. The summed E-state index contributed by atoms with van der Waals surface area (Å²) >= 11 is 1.25. The predicted octanol–water partition coefficient (Wildman–Crippen LogP) is 2.42. The first-order valence-electron chi connectivity index (χ1n) is 4.77. The summed E-state index contributed by atoms with van der Waals surface area (Å²) in [5.41, 5.74) is 0.879. The number of rotatable bonds is 4. The second-order valence-corrected chi connectivity index (χ2v) is 4.16. The Morgan fingerprint density at radius 3 is 2.75 bits per heavy atom. The molecule has 1 heterocycles. The highest BCUT2D eigenvalue weighted by atomic mass is 32.2. The maximum Gasteiger partial charge on any atom is 0.277 e. The lowest BCUT2D eigenvalue weighted by molar-refractivity contribution is -0.114. The minimum atomic E-state index is 0.0875. The smallest absolute Gasteiger partial charge is 0.277 e. The van der Waals surface area contributed by atoms with Crippen molar-refractivity contribution in [2.75, 3.05) is 5.75 Å². The van der Waals surface area contributed by atoms with Gasteiger partial charge in [-0.25, -0.2) is 0 Å². The largest absolute Gasteiger partial charge is 0.411 e. The molecule has 0 saturated heterocycles. The number of carbonyl (C=O) groups is 1. The van der Waals surface area contributed by atoms with E-state index in [9.17, 15) is 4.79 Å². The third-order valence-corrected chi connectivity index (χ3v) is 2.79. The van der Waals surface area contributed by atoms with Crippen LogP contribution in [0.25, 0.3) is 11.5 Å². The number of Topliss-reactive ketones (excluding diaryl/α,β-unsaturated/α-hetero) is 1. The Kier molecular flexibility index (Phi) is 3.36. The maximum atomic E-state index is 10.8. The van der Waals surface area contributed by atoms with E-state index >= 15 is 0 Å². The second kappa shape index (κ2) is 4.94. The molecule has 2 rings (SSSR count). The standard InChI is InChI=1S/C11H10N2O2S/c1-8(14)7-16-11-13-12-10(15-11)9-5-3-2-4-6-9/h2-6H,7H2,1H3. The number of ketones is 1. The van der Waals surface area contributed by atoms with Gasteiger partial charge in [0.15, 0.2) is 0 Å². The van der Waals surface area contributed by atoms with E-state index in [1.54, 1.807) is 0 Å². The van der Waals surface area contributed by atoms with Gasteiger partial charge in [-0.2, -0.15) is 0 Å². The summed E-state index contributed by atoms with van der Waals surface area (Å²) < 4.78 is 5.41. The lowest BCUT2D eigenvalue weighted by Gasteiger charge is -1.92. The van der Waals surface area contributed by atoms with E-state index in [0.29, 0.717) is 16.9 Å². The van der Waals surface area contributed by atoms with E-state index in [1.165, 1.54) is 18.7 Å². The zero-order valence-electron chi connectivity index (χ0n) is 8.71. The molecule has 1 aromatic heterocycles. The fraction of sp³-hybridized carbons (Fsp3) is 0.182. The third kappa shape index (κ3) is 2.70. The summed E-state index contributed by atoms with van der Waals surface area (Å²) in [5.74, 6) is 0.923. The fourth-order valence-corrected chi connectivity index (χ4v) is 1.69. The first-order chi connectivity index (χ1) is 7.75. The molecule has 2 aromatic rings. The molecule has 0 unspecified atom stereocenters. The summed E-state index contributed by atoms with van der Waals surface area (Å²) in [5, 5.41) is 8.20. The summed E-state index contributed by atoms with van der Waals surface area (Å²) in [6, 6.07) is 9.52. The van der Waals surface area contributed by atoms with Gasteiger partial charge in [0.05, 0.1) is 5.75 Å². The number of hydrogen-bond donors (Lipinski definition) is 0. The number of hydrogen-bond acceptors (Lipinski definition) is 5. The Morgan fingerprint density at radius 2 is 2.06 bits per heavy atom. The van der Waals surface area contributed by atoms with Gasteiger partial charge in [-0.15, -0.1) is 10.2 Å². The number of benzene rings is 1. The Bertz CT molecular complexity index is 482. The molecule has 0 atom stereocenters. The minimum absolute atomic E-state index is 0.0875. The molecule has 5 heteroatoms. The van der Waals surface area contributed by atoms with Crippen molar-refractivity contribution in [2.45, 2.75) is 12.1 Å². The summed E-state index contributed by atoms with van der Waals surface area (Å²) in [4.78, 5) is 10.8. The number of nitrogens with zero attached hydrogens (tertiary/aromatic N) is 2. The maximum absolute atomic E-state index is 10.8. The first kappa shape index (κ1) is 10.9. The van der Waals surface area contributed by atoms with Gasteiger partial charge in [0, 0.05) is 5.56 Å². The molecule has 0 aliphatic rings. The molecule has 1 aromatic carbocycles. The van der Waals surface area contributed by atoms with Crippen LogP contribution < -0.4 is 0 Å².